The lowest BCUT2D eigenvalue weighted by atomic mass is 10.2. The number of rotatable bonds is 5. The highest BCUT2D eigenvalue weighted by atomic mass is 16.3. The van der Waals surface area contributed by atoms with E-state index in [9.17, 15) is 9.90 Å². The van der Waals surface area contributed by atoms with Crippen molar-refractivity contribution in [2.24, 2.45) is 5.10 Å². The molecule has 3 aromatic carbocycles. The Morgan fingerprint density at radius 2 is 1.73 bits per heavy atom. The summed E-state index contributed by atoms with van der Waals surface area (Å²) in [5.74, 6) is -0.115. The molecular formula is C25H20N6O2. The van der Waals surface area contributed by atoms with Crippen LogP contribution in [0, 0.1) is 0 Å². The summed E-state index contributed by atoms with van der Waals surface area (Å²) in [6.07, 6.45) is 1.54. The van der Waals surface area contributed by atoms with Crippen molar-refractivity contribution in [3.05, 3.63) is 95.6 Å². The fraction of sp³-hybridized carbons (Fsp3) is 0.0400. The zero-order chi connectivity index (χ0) is 22.8. The van der Waals surface area contributed by atoms with Crippen molar-refractivity contribution < 1.29 is 9.90 Å². The highest BCUT2D eigenvalue weighted by Crippen LogP contribution is 2.28. The molecule has 33 heavy (non-hydrogen) atoms. The molecule has 0 aliphatic heterocycles. The van der Waals surface area contributed by atoms with Crippen LogP contribution < -0.4 is 11.1 Å². The number of para-hydroxylation sites is 2. The van der Waals surface area contributed by atoms with Crippen LogP contribution in [0.3, 0.4) is 0 Å². The molecule has 0 spiro atoms. The fourth-order valence-electron chi connectivity index (χ4n) is 3.58. The summed E-state index contributed by atoms with van der Waals surface area (Å²) in [6.45, 7) is 0.347. The van der Waals surface area contributed by atoms with E-state index < -0.39 is 0 Å². The summed E-state index contributed by atoms with van der Waals surface area (Å²) >= 11 is 0. The minimum absolute atomic E-state index is 0.121. The lowest BCUT2D eigenvalue weighted by Crippen LogP contribution is -2.23. The summed E-state index contributed by atoms with van der Waals surface area (Å²) in [4.78, 5) is 22.5. The van der Waals surface area contributed by atoms with Gasteiger partial charge in [0.25, 0.3) is 5.91 Å². The Balaban J connectivity index is 1.61. The number of carbonyl (C=O) groups is 1. The summed E-state index contributed by atoms with van der Waals surface area (Å²) in [5, 5.41) is 17.1. The van der Waals surface area contributed by atoms with Crippen molar-refractivity contribution >= 4 is 40.1 Å². The number of hydrogen-bond acceptors (Lipinski definition) is 6. The molecule has 0 saturated heterocycles. The van der Waals surface area contributed by atoms with Crippen LogP contribution in [-0.4, -0.2) is 31.9 Å². The highest BCUT2D eigenvalue weighted by Gasteiger charge is 2.24. The molecule has 4 N–H and O–H groups in total. The Hall–Kier alpha value is -4.72. The van der Waals surface area contributed by atoms with Crippen LogP contribution in [0.4, 0.5) is 5.82 Å². The molecule has 0 unspecified atom stereocenters. The van der Waals surface area contributed by atoms with Gasteiger partial charge in [0.2, 0.25) is 0 Å². The predicted molar refractivity (Wildman–Crippen MR) is 128 cm³/mol. The molecule has 0 atom stereocenters. The second-order valence-corrected chi connectivity index (χ2v) is 7.46. The fourth-order valence-corrected chi connectivity index (χ4v) is 3.58. The van der Waals surface area contributed by atoms with Crippen molar-refractivity contribution in [3.63, 3.8) is 0 Å². The molecule has 5 aromatic rings. The molecule has 0 aliphatic rings. The van der Waals surface area contributed by atoms with Gasteiger partial charge in [0.15, 0.2) is 5.65 Å². The maximum Gasteiger partial charge on any atom is 0.257 e. The van der Waals surface area contributed by atoms with Gasteiger partial charge in [-0.2, -0.15) is 9.78 Å². The van der Waals surface area contributed by atoms with E-state index in [4.69, 9.17) is 5.73 Å². The molecule has 162 valence electrons. The summed E-state index contributed by atoms with van der Waals surface area (Å²) in [7, 11) is 0. The second kappa shape index (κ2) is 8.43. The predicted octanol–water partition coefficient (Wildman–Crippen LogP) is 3.68. The van der Waals surface area contributed by atoms with Gasteiger partial charge < -0.3 is 16.2 Å². The van der Waals surface area contributed by atoms with Crippen molar-refractivity contribution in [1.82, 2.24) is 20.0 Å². The van der Waals surface area contributed by atoms with Gasteiger partial charge >= 0.3 is 0 Å². The third-order valence-electron chi connectivity index (χ3n) is 5.19. The first-order chi connectivity index (χ1) is 16.1. The number of fused-ring (bicyclic) bond motifs is 2. The maximum atomic E-state index is 13.2. The van der Waals surface area contributed by atoms with Crippen LogP contribution in [-0.2, 0) is 6.54 Å². The lowest BCUT2D eigenvalue weighted by Gasteiger charge is -2.05. The first-order valence-corrected chi connectivity index (χ1v) is 10.3. The average molecular weight is 436 g/mol. The zero-order valence-electron chi connectivity index (χ0n) is 17.5. The van der Waals surface area contributed by atoms with E-state index in [2.05, 4.69) is 20.4 Å². The van der Waals surface area contributed by atoms with Gasteiger partial charge in [0.05, 0.1) is 17.2 Å². The van der Waals surface area contributed by atoms with Gasteiger partial charge in [0, 0.05) is 6.54 Å². The van der Waals surface area contributed by atoms with E-state index >= 15 is 0 Å². The minimum atomic E-state index is -0.364. The number of nitrogens with zero attached hydrogens (tertiary/aromatic N) is 4. The molecule has 2 aromatic heterocycles. The standard InChI is InChI=1S/C25H20N6O2/c26-23-21(25(33)27-14-16-7-2-1-3-8-16)22-24(30-20-12-5-4-11-19(20)29-22)31(23)28-15-17-9-6-10-18(32)13-17/h1-13,15,32H,14,26H2,(H,27,33)/b28-15+. The molecule has 0 radical (unpaired) electrons. The first-order valence-electron chi connectivity index (χ1n) is 10.3. The van der Waals surface area contributed by atoms with E-state index in [0.29, 0.717) is 34.3 Å². The van der Waals surface area contributed by atoms with Crippen molar-refractivity contribution in [3.8, 4) is 5.75 Å². The van der Waals surface area contributed by atoms with Gasteiger partial charge in [-0.3, -0.25) is 4.79 Å². The molecule has 1 amide bonds. The van der Waals surface area contributed by atoms with E-state index in [0.717, 1.165) is 5.56 Å². The zero-order valence-corrected chi connectivity index (χ0v) is 17.5. The number of aromatic hydroxyl groups is 1. The molecule has 0 saturated carbocycles. The summed E-state index contributed by atoms with van der Waals surface area (Å²) in [5.41, 5.74) is 10.3. The minimum Gasteiger partial charge on any atom is -0.508 e. The number of nitrogen functional groups attached to an aromatic ring is 1. The van der Waals surface area contributed by atoms with Crippen molar-refractivity contribution in [1.29, 1.82) is 0 Å². The maximum absolute atomic E-state index is 13.2. The number of phenols is 1. The molecule has 8 heteroatoms. The second-order valence-electron chi connectivity index (χ2n) is 7.46. The Bertz CT molecular complexity index is 1510. The monoisotopic (exact) mass is 436 g/mol. The quantitative estimate of drug-likeness (QED) is 0.363. The Morgan fingerprint density at radius 3 is 2.48 bits per heavy atom. The topological polar surface area (TPSA) is 118 Å². The molecular weight excluding hydrogens is 416 g/mol. The van der Waals surface area contributed by atoms with Gasteiger partial charge in [-0.15, -0.1) is 0 Å². The number of nitrogens with one attached hydrogen (secondary N) is 1. The number of carbonyl (C=O) groups excluding carboxylic acids is 1. The average Bonchev–Trinajstić information content (AvgIpc) is 3.10. The molecule has 0 fully saturated rings. The number of hydrogen-bond donors (Lipinski definition) is 3. The van der Waals surface area contributed by atoms with Crippen LogP contribution in [0.25, 0.3) is 22.2 Å². The van der Waals surface area contributed by atoms with Gasteiger partial charge in [-0.25, -0.2) is 9.97 Å². The molecule has 5 rings (SSSR count). The van der Waals surface area contributed by atoms with Gasteiger partial charge in [-0.05, 0) is 35.4 Å². The number of aromatic nitrogens is 3. The van der Waals surface area contributed by atoms with E-state index in [-0.39, 0.29) is 23.0 Å². The smallest absolute Gasteiger partial charge is 0.257 e. The number of amides is 1. The highest BCUT2D eigenvalue weighted by molar-refractivity contribution is 6.10. The number of phenolic OH excluding ortho intramolecular Hbond substituents is 1. The van der Waals surface area contributed by atoms with E-state index in [1.807, 2.05) is 54.6 Å². The lowest BCUT2D eigenvalue weighted by molar-refractivity contribution is 0.0953. The summed E-state index contributed by atoms with van der Waals surface area (Å²) in [6, 6.07) is 23.6. The number of benzene rings is 3. The largest absolute Gasteiger partial charge is 0.508 e. The SMILES string of the molecule is Nc1c(C(=O)NCc2ccccc2)c2nc3ccccc3nc2n1/N=C/c1cccc(O)c1. The first kappa shape index (κ1) is 20.2. The van der Waals surface area contributed by atoms with Gasteiger partial charge in [0.1, 0.15) is 22.6 Å². The summed E-state index contributed by atoms with van der Waals surface area (Å²) < 4.78 is 1.40. The van der Waals surface area contributed by atoms with Crippen LogP contribution in [0.1, 0.15) is 21.5 Å². The van der Waals surface area contributed by atoms with E-state index in [1.54, 1.807) is 24.3 Å². The van der Waals surface area contributed by atoms with Crippen molar-refractivity contribution in [2.75, 3.05) is 5.73 Å². The molecule has 2 heterocycles. The van der Waals surface area contributed by atoms with Crippen LogP contribution in [0.15, 0.2) is 84.0 Å². The van der Waals surface area contributed by atoms with Crippen LogP contribution >= 0.6 is 0 Å². The Morgan fingerprint density at radius 1 is 1.00 bits per heavy atom. The van der Waals surface area contributed by atoms with Crippen LogP contribution in [0.2, 0.25) is 0 Å². The molecule has 0 aliphatic carbocycles. The number of nitrogens with two attached hydrogens (primary N) is 1. The molecule has 0 bridgehead atoms. The van der Waals surface area contributed by atoms with Crippen LogP contribution in [0.5, 0.6) is 5.75 Å². The van der Waals surface area contributed by atoms with Crippen molar-refractivity contribution in [2.45, 2.75) is 6.54 Å². The Labute approximate surface area is 189 Å². The third-order valence-corrected chi connectivity index (χ3v) is 5.19. The van der Waals surface area contributed by atoms with Gasteiger partial charge in [-0.1, -0.05) is 54.6 Å². The Kier molecular flexibility index (Phi) is 5.16. The normalized spacial score (nSPS) is 11.4. The van der Waals surface area contributed by atoms with E-state index in [1.165, 1.54) is 10.9 Å². The third kappa shape index (κ3) is 3.97. The number of anilines is 1. The molecule has 8 nitrogen and oxygen atoms in total.